The highest BCUT2D eigenvalue weighted by molar-refractivity contribution is 8.00. The van der Waals surface area contributed by atoms with Crippen molar-refractivity contribution < 1.29 is 33.1 Å². The minimum atomic E-state index is -3.30. The first-order valence-corrected chi connectivity index (χ1v) is 19.2. The van der Waals surface area contributed by atoms with Gasteiger partial charge >= 0.3 is 12.6 Å². The fraction of sp³-hybridized carbons (Fsp3) is 0.200. The maximum Gasteiger partial charge on any atom is 0.407 e. The molecule has 3 aromatic carbocycles. The Morgan fingerprint density at radius 3 is 2.24 bits per heavy atom. The summed E-state index contributed by atoms with van der Waals surface area (Å²) in [5.74, 6) is -2.11. The minimum absolute atomic E-state index is 0.0251. The molecule has 276 valence electrons. The van der Waals surface area contributed by atoms with Gasteiger partial charge < -0.3 is 20.6 Å². The molecule has 3 N–H and O–H groups in total. The molecule has 2 atom stereocenters. The van der Waals surface area contributed by atoms with Crippen molar-refractivity contribution in [2.75, 3.05) is 16.8 Å². The van der Waals surface area contributed by atoms with E-state index in [-0.39, 0.29) is 40.3 Å². The van der Waals surface area contributed by atoms with Gasteiger partial charge in [0.15, 0.2) is 10.8 Å². The summed E-state index contributed by atoms with van der Waals surface area (Å²) in [6, 6.07) is 29.3. The van der Waals surface area contributed by atoms with E-state index in [2.05, 4.69) is 41.1 Å². The van der Waals surface area contributed by atoms with Gasteiger partial charge in [-0.3, -0.25) is 14.5 Å². The largest absolute Gasteiger partial charge is 0.477 e. The number of aliphatic carboxylic acids is 1. The normalized spacial score (nSPS) is 17.0. The molecule has 0 saturated carbocycles. The molecule has 54 heavy (non-hydrogen) atoms. The summed E-state index contributed by atoms with van der Waals surface area (Å²) in [5.41, 5.74) is 1.20. The number of rotatable bonds is 15. The second-order valence-corrected chi connectivity index (χ2v) is 14.7. The topological polar surface area (TPSA) is 177 Å². The van der Waals surface area contributed by atoms with Gasteiger partial charge in [-0.2, -0.15) is 8.78 Å². The van der Waals surface area contributed by atoms with Crippen molar-refractivity contribution in [1.82, 2.24) is 35.4 Å². The zero-order valence-corrected chi connectivity index (χ0v) is 30.3. The van der Waals surface area contributed by atoms with E-state index in [4.69, 9.17) is 0 Å². The zero-order valence-electron chi connectivity index (χ0n) is 27.9. The van der Waals surface area contributed by atoms with Gasteiger partial charge in [0.25, 0.3) is 5.91 Å². The summed E-state index contributed by atoms with van der Waals surface area (Å²) in [7, 11) is 0. The van der Waals surface area contributed by atoms with Crippen LogP contribution in [0.2, 0.25) is 0 Å². The van der Waals surface area contributed by atoms with Gasteiger partial charge in [-0.05, 0) is 33.2 Å². The summed E-state index contributed by atoms with van der Waals surface area (Å²) < 4.78 is 27.7. The standard InChI is InChI=1S/C35H29F2N9O5S3/c36-32(37)51-42-27(28(47)38-20-45-34(41-43-44-45)54-18-24-29(48)46-26(31(49)50)16-17-52-30(24)46)25-19-53-33(39-25)40-35(21-10-4-1-5-11-21,22-12-6-2-7-13-22)23-14-8-3-9-15-23/h1-16,19,24,30,32H,17-18,20H2,(H,38,47)(H,39,40)(H,49,50)/b42-27-. The van der Waals surface area contributed by atoms with E-state index < -0.39 is 35.7 Å². The molecular weight excluding hydrogens is 761 g/mol. The number of carbonyl (C=O) groups excluding carboxylic acids is 2. The average molecular weight is 790 g/mol. The molecule has 19 heteroatoms. The van der Waals surface area contributed by atoms with Crippen LogP contribution in [0.4, 0.5) is 13.9 Å². The van der Waals surface area contributed by atoms with E-state index in [1.807, 2.05) is 91.0 Å². The number of carbonyl (C=O) groups is 3. The number of fused-ring (bicyclic) bond motifs is 1. The lowest BCUT2D eigenvalue weighted by molar-refractivity contribution is -0.151. The molecular formula is C35H29F2N9O5S3. The number of aromatic nitrogens is 5. The van der Waals surface area contributed by atoms with E-state index in [1.165, 1.54) is 32.8 Å². The molecule has 1 saturated heterocycles. The molecule has 0 radical (unpaired) electrons. The van der Waals surface area contributed by atoms with E-state index >= 15 is 0 Å². The Balaban J connectivity index is 1.09. The zero-order chi connectivity index (χ0) is 37.7. The van der Waals surface area contributed by atoms with Crippen LogP contribution in [0.25, 0.3) is 0 Å². The molecule has 2 aliphatic rings. The van der Waals surface area contributed by atoms with Gasteiger partial charge in [-0.25, -0.2) is 14.5 Å². The molecule has 7 rings (SSSR count). The fourth-order valence-electron chi connectivity index (χ4n) is 6.11. The molecule has 0 spiro atoms. The Morgan fingerprint density at radius 1 is 1.02 bits per heavy atom. The van der Waals surface area contributed by atoms with Crippen molar-refractivity contribution >= 4 is 63.5 Å². The lowest BCUT2D eigenvalue weighted by Crippen LogP contribution is -2.61. The SMILES string of the molecule is O=C(O)C1=CCSC2C(CSc3nnnn3CNC(=O)/C(=N\OC(F)F)c3csc(NC(c4ccccc4)(c4ccccc4)c4ccccc4)n3)C(=O)N12. The molecule has 0 bridgehead atoms. The highest BCUT2D eigenvalue weighted by atomic mass is 32.2. The van der Waals surface area contributed by atoms with Crippen LogP contribution in [0.3, 0.4) is 0 Å². The number of β-lactam (4-membered cyclic amide) rings is 1. The predicted molar refractivity (Wildman–Crippen MR) is 198 cm³/mol. The number of benzene rings is 3. The predicted octanol–water partition coefficient (Wildman–Crippen LogP) is 4.84. The van der Waals surface area contributed by atoms with Crippen molar-refractivity contribution in [3.63, 3.8) is 0 Å². The summed E-state index contributed by atoms with van der Waals surface area (Å²) >= 11 is 3.76. The van der Waals surface area contributed by atoms with Gasteiger partial charge in [0.1, 0.15) is 23.6 Å². The van der Waals surface area contributed by atoms with Crippen molar-refractivity contribution in [2.24, 2.45) is 11.1 Å². The molecule has 5 aromatic rings. The van der Waals surface area contributed by atoms with Crippen molar-refractivity contribution in [1.29, 1.82) is 0 Å². The first-order chi connectivity index (χ1) is 26.3. The van der Waals surface area contributed by atoms with E-state index in [1.54, 1.807) is 0 Å². The molecule has 2 aromatic heterocycles. The van der Waals surface area contributed by atoms with Crippen molar-refractivity contribution in [3.05, 3.63) is 131 Å². The molecule has 2 unspecified atom stereocenters. The van der Waals surface area contributed by atoms with Gasteiger partial charge in [-0.15, -0.1) is 28.2 Å². The van der Waals surface area contributed by atoms with Gasteiger partial charge in [-0.1, -0.05) is 108 Å². The van der Waals surface area contributed by atoms with Crippen LogP contribution in [0.1, 0.15) is 22.4 Å². The number of carboxylic acids is 1. The van der Waals surface area contributed by atoms with Crippen LogP contribution in [0.5, 0.6) is 0 Å². The number of carboxylic acid groups (broad SMARTS) is 1. The number of hydrogen-bond donors (Lipinski definition) is 3. The highest BCUT2D eigenvalue weighted by Crippen LogP contribution is 2.44. The van der Waals surface area contributed by atoms with Crippen LogP contribution in [0, 0.1) is 5.92 Å². The smallest absolute Gasteiger partial charge is 0.407 e. The van der Waals surface area contributed by atoms with Crippen LogP contribution < -0.4 is 10.6 Å². The van der Waals surface area contributed by atoms with Crippen molar-refractivity contribution in [2.45, 2.75) is 29.3 Å². The van der Waals surface area contributed by atoms with Crippen LogP contribution >= 0.6 is 34.9 Å². The van der Waals surface area contributed by atoms with Crippen LogP contribution in [-0.2, 0) is 31.4 Å². The number of nitrogens with one attached hydrogen (secondary N) is 2. The molecule has 4 heterocycles. The monoisotopic (exact) mass is 789 g/mol. The van der Waals surface area contributed by atoms with Crippen molar-refractivity contribution in [3.8, 4) is 0 Å². The quantitative estimate of drug-likeness (QED) is 0.0433. The maximum absolute atomic E-state index is 13.5. The number of halogens is 2. The van der Waals surface area contributed by atoms with E-state index in [0.29, 0.717) is 10.9 Å². The third-order valence-corrected chi connectivity index (χ3v) is 11.6. The molecule has 0 aliphatic carbocycles. The summed E-state index contributed by atoms with van der Waals surface area (Å²) in [6.07, 6.45) is 1.51. The molecule has 1 fully saturated rings. The first-order valence-electron chi connectivity index (χ1n) is 16.2. The lowest BCUT2D eigenvalue weighted by Gasteiger charge is -2.48. The molecule has 2 aliphatic heterocycles. The lowest BCUT2D eigenvalue weighted by atomic mass is 9.77. The summed E-state index contributed by atoms with van der Waals surface area (Å²) in [4.78, 5) is 47.9. The van der Waals surface area contributed by atoms with Crippen LogP contribution in [-0.4, -0.2) is 82.2 Å². The fourth-order valence-corrected chi connectivity index (χ4v) is 9.24. The summed E-state index contributed by atoms with van der Waals surface area (Å²) in [5, 5.41) is 32.4. The Bertz CT molecular complexity index is 2090. The Labute approximate surface area is 318 Å². The van der Waals surface area contributed by atoms with Gasteiger partial charge in [0, 0.05) is 16.9 Å². The summed E-state index contributed by atoms with van der Waals surface area (Å²) in [6.45, 7) is -3.59. The number of tetrazole rings is 1. The molecule has 2 amide bonds. The maximum atomic E-state index is 13.5. The van der Waals surface area contributed by atoms with Gasteiger partial charge in [0.2, 0.25) is 11.1 Å². The second-order valence-electron chi connectivity index (χ2n) is 11.7. The van der Waals surface area contributed by atoms with E-state index in [0.717, 1.165) is 39.8 Å². The third kappa shape index (κ3) is 7.42. The first kappa shape index (κ1) is 36.7. The number of oxime groups is 1. The Kier molecular flexibility index (Phi) is 11.0. The number of amides is 2. The van der Waals surface area contributed by atoms with E-state index in [9.17, 15) is 28.3 Å². The third-order valence-electron chi connectivity index (χ3n) is 8.56. The average Bonchev–Trinajstić information content (AvgIpc) is 3.86. The number of thioether (sulfide) groups is 2. The number of hydrogen-bond acceptors (Lipinski definition) is 13. The Morgan fingerprint density at radius 2 is 1.65 bits per heavy atom. The highest BCUT2D eigenvalue weighted by Gasteiger charge is 2.51. The molecule has 14 nitrogen and oxygen atoms in total. The van der Waals surface area contributed by atoms with Gasteiger partial charge in [0.05, 0.1) is 11.3 Å². The van der Waals surface area contributed by atoms with Crippen LogP contribution in [0.15, 0.2) is 118 Å². The second kappa shape index (κ2) is 16.1. The number of nitrogens with zero attached hydrogens (tertiary/aromatic N) is 7. The number of thiazole rings is 1. The Hall–Kier alpha value is -5.66. The number of alkyl halides is 2. The number of anilines is 1. The minimum Gasteiger partial charge on any atom is -0.477 e.